The lowest BCUT2D eigenvalue weighted by Crippen LogP contribution is -1.94. The second-order valence-electron chi connectivity index (χ2n) is 1.64. The Morgan fingerprint density at radius 2 is 1.73 bits per heavy atom. The molecule has 11 heavy (non-hydrogen) atoms. The quantitative estimate of drug-likeness (QED) is 0.463. The minimum absolute atomic E-state index is 0.322. The van der Waals surface area contributed by atoms with Gasteiger partial charge in [0.15, 0.2) is 0 Å². The summed E-state index contributed by atoms with van der Waals surface area (Å²) in [6.07, 6.45) is 0. The Balaban J connectivity index is 0.000000218. The lowest BCUT2D eigenvalue weighted by molar-refractivity contribution is 0.266. The third-order valence-electron chi connectivity index (χ3n) is 0.756. The molecule has 0 saturated carbocycles. The van der Waals surface area contributed by atoms with Gasteiger partial charge < -0.3 is 10.8 Å². The largest absolute Gasteiger partial charge is 0.508 e. The van der Waals surface area contributed by atoms with Gasteiger partial charge in [0.2, 0.25) is 0 Å². The van der Waals surface area contributed by atoms with Crippen molar-refractivity contribution in [2.45, 2.75) is 0 Å². The van der Waals surface area contributed by atoms with E-state index in [1.807, 2.05) is 6.07 Å². The van der Waals surface area contributed by atoms with E-state index in [-0.39, 0.29) is 0 Å². The van der Waals surface area contributed by atoms with Gasteiger partial charge in [-0.05, 0) is 23.7 Å². The molecular formula is C7H8ClNO2. The molecule has 1 aromatic carbocycles. The number of rotatable bonds is 0. The molecule has 3 N–H and O–H groups in total. The predicted molar refractivity (Wildman–Crippen MR) is 43.5 cm³/mol. The van der Waals surface area contributed by atoms with E-state index in [0.29, 0.717) is 5.75 Å². The van der Waals surface area contributed by atoms with E-state index in [1.165, 1.54) is 0 Å². The highest BCUT2D eigenvalue weighted by Crippen LogP contribution is 2.02. The Morgan fingerprint density at radius 1 is 1.36 bits per heavy atom. The molecule has 4 heteroatoms. The number of carbonyl (C=O) groups excluding carboxylic acids is 1. The summed E-state index contributed by atoms with van der Waals surface area (Å²) in [6.45, 7) is 0. The average Bonchev–Trinajstić information content (AvgIpc) is 1.87. The Kier molecular flexibility index (Phi) is 4.94. The van der Waals surface area contributed by atoms with Crippen LogP contribution in [0.25, 0.3) is 0 Å². The molecule has 60 valence electrons. The Bertz CT molecular complexity index is 209. The van der Waals surface area contributed by atoms with E-state index in [2.05, 4.69) is 17.3 Å². The molecule has 0 saturated heterocycles. The predicted octanol–water partition coefficient (Wildman–Crippen LogP) is 1.70. The zero-order valence-electron chi connectivity index (χ0n) is 5.70. The average molecular weight is 174 g/mol. The number of para-hydroxylation sites is 1. The minimum atomic E-state index is -0.861. The first-order valence-electron chi connectivity index (χ1n) is 2.82. The smallest absolute Gasteiger partial charge is 0.311 e. The molecule has 0 aromatic heterocycles. The van der Waals surface area contributed by atoms with Crippen molar-refractivity contribution in [3.05, 3.63) is 30.3 Å². The topological polar surface area (TPSA) is 63.3 Å². The summed E-state index contributed by atoms with van der Waals surface area (Å²) in [4.78, 5) is 8.99. The molecule has 1 aromatic rings. The molecule has 0 radical (unpaired) electrons. The van der Waals surface area contributed by atoms with E-state index in [9.17, 15) is 0 Å². The van der Waals surface area contributed by atoms with Gasteiger partial charge in [0, 0.05) is 0 Å². The zero-order chi connectivity index (χ0) is 8.69. The van der Waals surface area contributed by atoms with E-state index >= 15 is 0 Å². The summed E-state index contributed by atoms with van der Waals surface area (Å²) >= 11 is 4.41. The molecule has 0 fully saturated rings. The Hall–Kier alpha value is -1.22. The van der Waals surface area contributed by atoms with Crippen molar-refractivity contribution in [3.8, 4) is 5.75 Å². The van der Waals surface area contributed by atoms with Crippen molar-refractivity contribution in [2.24, 2.45) is 5.73 Å². The highest BCUT2D eigenvalue weighted by Gasteiger charge is 1.74. The first-order chi connectivity index (χ1) is 5.13. The summed E-state index contributed by atoms with van der Waals surface area (Å²) < 4.78 is 0. The lowest BCUT2D eigenvalue weighted by atomic mass is 10.3. The highest BCUT2D eigenvalue weighted by molar-refractivity contribution is 6.62. The fourth-order valence-electron chi connectivity index (χ4n) is 0.428. The van der Waals surface area contributed by atoms with Gasteiger partial charge >= 0.3 is 5.37 Å². The number of aromatic hydroxyl groups is 1. The van der Waals surface area contributed by atoms with Crippen LogP contribution >= 0.6 is 11.6 Å². The van der Waals surface area contributed by atoms with Gasteiger partial charge in [-0.15, -0.1) is 0 Å². The van der Waals surface area contributed by atoms with Gasteiger partial charge in [-0.3, -0.25) is 4.79 Å². The zero-order valence-corrected chi connectivity index (χ0v) is 6.45. The third kappa shape index (κ3) is 8.78. The number of phenols is 1. The van der Waals surface area contributed by atoms with E-state index in [1.54, 1.807) is 24.3 Å². The number of nitrogens with two attached hydrogens (primary N) is 1. The summed E-state index contributed by atoms with van der Waals surface area (Å²) in [7, 11) is 0. The van der Waals surface area contributed by atoms with Crippen LogP contribution in [0.1, 0.15) is 0 Å². The molecule has 1 rings (SSSR count). The van der Waals surface area contributed by atoms with Crippen molar-refractivity contribution in [1.29, 1.82) is 0 Å². The van der Waals surface area contributed by atoms with Crippen LogP contribution in [0.15, 0.2) is 30.3 Å². The van der Waals surface area contributed by atoms with Gasteiger partial charge in [0.25, 0.3) is 0 Å². The van der Waals surface area contributed by atoms with Crippen LogP contribution in [0.2, 0.25) is 0 Å². The number of halogens is 1. The number of primary amides is 1. The number of benzene rings is 1. The Morgan fingerprint density at radius 3 is 1.91 bits per heavy atom. The maximum absolute atomic E-state index is 8.99. The van der Waals surface area contributed by atoms with Gasteiger partial charge in [-0.2, -0.15) is 0 Å². The van der Waals surface area contributed by atoms with Crippen LogP contribution in [0.5, 0.6) is 5.75 Å². The SMILES string of the molecule is NC(=O)Cl.Oc1ccccc1. The lowest BCUT2D eigenvalue weighted by Gasteiger charge is -1.82. The number of carbonyl (C=O) groups is 1. The molecule has 0 atom stereocenters. The standard InChI is InChI=1S/C6H6O.CH2ClNO/c7-6-4-2-1-3-5-6;2-1(3)4/h1-5,7H;(H2,3,4). The van der Waals surface area contributed by atoms with Crippen molar-refractivity contribution < 1.29 is 9.90 Å². The number of phenolic OH excluding ortho intramolecular Hbond substituents is 1. The molecule has 0 aliphatic heterocycles. The maximum Gasteiger partial charge on any atom is 0.311 e. The van der Waals surface area contributed by atoms with Crippen LogP contribution < -0.4 is 5.73 Å². The molecule has 0 spiro atoms. The van der Waals surface area contributed by atoms with Crippen LogP contribution in [0.4, 0.5) is 4.79 Å². The maximum atomic E-state index is 8.99. The molecule has 0 unspecified atom stereocenters. The van der Waals surface area contributed by atoms with Crippen LogP contribution in [0.3, 0.4) is 0 Å². The third-order valence-corrected chi connectivity index (χ3v) is 0.756. The molecule has 1 amide bonds. The number of hydrogen-bond donors (Lipinski definition) is 2. The fourth-order valence-corrected chi connectivity index (χ4v) is 0.428. The minimum Gasteiger partial charge on any atom is -0.508 e. The van der Waals surface area contributed by atoms with E-state index in [0.717, 1.165) is 0 Å². The van der Waals surface area contributed by atoms with Crippen molar-refractivity contribution in [3.63, 3.8) is 0 Å². The molecule has 3 nitrogen and oxygen atoms in total. The number of amides is 1. The first-order valence-corrected chi connectivity index (χ1v) is 3.19. The van der Waals surface area contributed by atoms with E-state index < -0.39 is 5.37 Å². The van der Waals surface area contributed by atoms with Gasteiger partial charge in [0.05, 0.1) is 0 Å². The van der Waals surface area contributed by atoms with E-state index in [4.69, 9.17) is 9.90 Å². The number of hydrogen-bond acceptors (Lipinski definition) is 2. The fraction of sp³-hybridized carbons (Fsp3) is 0. The van der Waals surface area contributed by atoms with Crippen molar-refractivity contribution in [1.82, 2.24) is 0 Å². The molecule has 0 aliphatic rings. The summed E-state index contributed by atoms with van der Waals surface area (Å²) in [5.41, 5.74) is 4.24. The first kappa shape index (κ1) is 9.78. The second kappa shape index (κ2) is 5.56. The summed E-state index contributed by atoms with van der Waals surface area (Å²) in [6, 6.07) is 8.71. The monoisotopic (exact) mass is 173 g/mol. The van der Waals surface area contributed by atoms with Crippen LogP contribution in [-0.4, -0.2) is 10.5 Å². The van der Waals surface area contributed by atoms with Crippen LogP contribution in [0, 0.1) is 0 Å². The normalized spacial score (nSPS) is 7.73. The molecule has 0 heterocycles. The van der Waals surface area contributed by atoms with Crippen molar-refractivity contribution >= 4 is 17.0 Å². The summed E-state index contributed by atoms with van der Waals surface area (Å²) in [5.74, 6) is 0.322. The second-order valence-corrected chi connectivity index (χ2v) is 2.01. The molecule has 0 bridgehead atoms. The molecule has 0 aliphatic carbocycles. The summed E-state index contributed by atoms with van der Waals surface area (Å²) in [5, 5.41) is 7.77. The highest BCUT2D eigenvalue weighted by atomic mass is 35.5. The van der Waals surface area contributed by atoms with Crippen LogP contribution in [-0.2, 0) is 0 Å². The Labute approximate surface area is 69.4 Å². The van der Waals surface area contributed by atoms with Gasteiger partial charge in [-0.25, -0.2) is 0 Å². The van der Waals surface area contributed by atoms with Gasteiger partial charge in [-0.1, -0.05) is 18.2 Å². The molecular weight excluding hydrogens is 166 g/mol. The van der Waals surface area contributed by atoms with Gasteiger partial charge in [0.1, 0.15) is 5.75 Å². The van der Waals surface area contributed by atoms with Crippen molar-refractivity contribution in [2.75, 3.05) is 0 Å².